The lowest BCUT2D eigenvalue weighted by molar-refractivity contribution is -0.119. The fourth-order valence-corrected chi connectivity index (χ4v) is 1.87. The Morgan fingerprint density at radius 2 is 2.47 bits per heavy atom. The number of thioether (sulfide) groups is 1. The zero-order chi connectivity index (χ0) is 12.8. The third-order valence-corrected chi connectivity index (χ3v) is 2.90. The number of carbonyl (C=O) groups is 2. The number of rotatable bonds is 5. The number of hydrogen-bond acceptors (Lipinski definition) is 5. The number of nitrogens with two attached hydrogens (primary N) is 1. The van der Waals surface area contributed by atoms with Crippen LogP contribution in [0.3, 0.4) is 0 Å². The smallest absolute Gasteiger partial charge is 0.318 e. The number of nitrogens with one attached hydrogen (secondary N) is 1. The molecule has 1 aromatic heterocycles. The van der Waals surface area contributed by atoms with Gasteiger partial charge in [0.15, 0.2) is 5.16 Å². The van der Waals surface area contributed by atoms with Crippen LogP contribution in [0.25, 0.3) is 0 Å². The van der Waals surface area contributed by atoms with Gasteiger partial charge in [-0.1, -0.05) is 17.8 Å². The molecule has 0 saturated heterocycles. The first-order chi connectivity index (χ1) is 8.04. The standard InChI is InChI=1S/C9H13N5O2S/c1-3-4-14-5-11-13-9(14)17-6(2)7(15)12-8(10)16/h3,5-6H,1,4H2,2H3,(H3,10,12,15,16). The molecular weight excluding hydrogens is 242 g/mol. The number of carbonyl (C=O) groups excluding carboxylic acids is 2. The second-order valence-electron chi connectivity index (χ2n) is 3.17. The molecule has 1 heterocycles. The number of hydrogen-bond donors (Lipinski definition) is 2. The largest absolute Gasteiger partial charge is 0.351 e. The molecule has 0 fully saturated rings. The second-order valence-corrected chi connectivity index (χ2v) is 4.48. The van der Waals surface area contributed by atoms with Gasteiger partial charge in [0.2, 0.25) is 5.91 Å². The van der Waals surface area contributed by atoms with Crippen molar-refractivity contribution in [3.8, 4) is 0 Å². The molecule has 0 aliphatic carbocycles. The van der Waals surface area contributed by atoms with Gasteiger partial charge in [-0.05, 0) is 6.92 Å². The Hall–Kier alpha value is -1.83. The number of imide groups is 1. The molecule has 0 aliphatic rings. The Morgan fingerprint density at radius 3 is 3.06 bits per heavy atom. The summed E-state index contributed by atoms with van der Waals surface area (Å²) in [5.41, 5.74) is 4.86. The number of allylic oxidation sites excluding steroid dienone is 1. The third kappa shape index (κ3) is 3.91. The van der Waals surface area contributed by atoms with Crippen LogP contribution < -0.4 is 11.1 Å². The van der Waals surface area contributed by atoms with Crippen molar-refractivity contribution < 1.29 is 9.59 Å². The average molecular weight is 255 g/mol. The normalized spacial score (nSPS) is 11.8. The van der Waals surface area contributed by atoms with Crippen LogP contribution in [-0.4, -0.2) is 32.0 Å². The van der Waals surface area contributed by atoms with Gasteiger partial charge >= 0.3 is 6.03 Å². The zero-order valence-electron chi connectivity index (χ0n) is 9.29. The fraction of sp³-hybridized carbons (Fsp3) is 0.333. The lowest BCUT2D eigenvalue weighted by Gasteiger charge is -2.09. The van der Waals surface area contributed by atoms with Gasteiger partial charge in [0.05, 0.1) is 5.25 Å². The van der Waals surface area contributed by atoms with Gasteiger partial charge in [0, 0.05) is 6.54 Å². The zero-order valence-corrected chi connectivity index (χ0v) is 10.1. The summed E-state index contributed by atoms with van der Waals surface area (Å²) in [7, 11) is 0. The maximum atomic E-state index is 11.4. The van der Waals surface area contributed by atoms with Crippen LogP contribution >= 0.6 is 11.8 Å². The Bertz CT molecular complexity index is 431. The summed E-state index contributed by atoms with van der Waals surface area (Å²) in [4.78, 5) is 22.0. The molecule has 0 saturated carbocycles. The van der Waals surface area contributed by atoms with Crippen molar-refractivity contribution in [3.05, 3.63) is 19.0 Å². The van der Waals surface area contributed by atoms with Gasteiger partial charge < -0.3 is 10.3 Å². The van der Waals surface area contributed by atoms with Crippen LogP contribution in [0.4, 0.5) is 4.79 Å². The van der Waals surface area contributed by atoms with Gasteiger partial charge in [-0.3, -0.25) is 10.1 Å². The van der Waals surface area contributed by atoms with E-state index in [1.807, 2.05) is 5.32 Å². The van der Waals surface area contributed by atoms with Gasteiger partial charge in [-0.25, -0.2) is 4.79 Å². The molecule has 0 radical (unpaired) electrons. The minimum absolute atomic E-state index is 0.462. The Balaban J connectivity index is 2.63. The first-order valence-corrected chi connectivity index (χ1v) is 5.68. The lowest BCUT2D eigenvalue weighted by atomic mass is 10.4. The van der Waals surface area contributed by atoms with Crippen LogP contribution in [0.1, 0.15) is 6.92 Å². The number of urea groups is 1. The van der Waals surface area contributed by atoms with Crippen molar-refractivity contribution in [1.82, 2.24) is 20.1 Å². The highest BCUT2D eigenvalue weighted by Crippen LogP contribution is 2.20. The molecule has 17 heavy (non-hydrogen) atoms. The summed E-state index contributed by atoms with van der Waals surface area (Å²) in [6, 6.07) is -0.866. The van der Waals surface area contributed by atoms with Crippen LogP contribution in [-0.2, 0) is 11.3 Å². The summed E-state index contributed by atoms with van der Waals surface area (Å²) in [5, 5.41) is 9.70. The molecular formula is C9H13N5O2S. The van der Waals surface area contributed by atoms with Crippen molar-refractivity contribution in [1.29, 1.82) is 0 Å². The molecule has 0 spiro atoms. The first kappa shape index (κ1) is 13.2. The van der Waals surface area contributed by atoms with Crippen molar-refractivity contribution >= 4 is 23.7 Å². The lowest BCUT2D eigenvalue weighted by Crippen LogP contribution is -2.39. The molecule has 3 amide bonds. The van der Waals surface area contributed by atoms with Crippen LogP contribution in [0.15, 0.2) is 24.1 Å². The van der Waals surface area contributed by atoms with Crippen molar-refractivity contribution in [2.24, 2.45) is 5.73 Å². The molecule has 1 rings (SSSR count). The van der Waals surface area contributed by atoms with Crippen molar-refractivity contribution in [2.75, 3.05) is 0 Å². The van der Waals surface area contributed by atoms with Gasteiger partial charge in [-0.15, -0.1) is 16.8 Å². The summed E-state index contributed by atoms with van der Waals surface area (Å²) in [5.74, 6) is -0.462. The quantitative estimate of drug-likeness (QED) is 0.575. The van der Waals surface area contributed by atoms with Crippen molar-refractivity contribution in [2.45, 2.75) is 23.9 Å². The summed E-state index contributed by atoms with van der Waals surface area (Å²) in [6.07, 6.45) is 3.24. The highest BCUT2D eigenvalue weighted by atomic mass is 32.2. The molecule has 1 atom stereocenters. The van der Waals surface area contributed by atoms with Gasteiger partial charge in [0.25, 0.3) is 0 Å². The number of aromatic nitrogens is 3. The van der Waals surface area contributed by atoms with E-state index in [4.69, 9.17) is 5.73 Å². The Kier molecular flexibility index (Phi) is 4.70. The van der Waals surface area contributed by atoms with E-state index in [2.05, 4.69) is 16.8 Å². The summed E-state index contributed by atoms with van der Waals surface area (Å²) < 4.78 is 1.74. The van der Waals surface area contributed by atoms with E-state index < -0.39 is 17.2 Å². The molecule has 3 N–H and O–H groups in total. The van der Waals surface area contributed by atoms with E-state index in [9.17, 15) is 9.59 Å². The van der Waals surface area contributed by atoms with Gasteiger partial charge in [-0.2, -0.15) is 0 Å². The SMILES string of the molecule is C=CCn1cnnc1SC(C)C(=O)NC(N)=O. The highest BCUT2D eigenvalue weighted by Gasteiger charge is 2.18. The highest BCUT2D eigenvalue weighted by molar-refractivity contribution is 8.00. The minimum atomic E-state index is -0.866. The van der Waals surface area contributed by atoms with Crippen LogP contribution in [0.2, 0.25) is 0 Å². The first-order valence-electron chi connectivity index (χ1n) is 4.80. The van der Waals surface area contributed by atoms with E-state index in [-0.39, 0.29) is 0 Å². The van der Waals surface area contributed by atoms with E-state index >= 15 is 0 Å². The molecule has 1 aromatic rings. The predicted octanol–water partition coefficient (Wildman–Crippen LogP) is 0.140. The van der Waals surface area contributed by atoms with E-state index in [0.717, 1.165) is 0 Å². The fourth-order valence-electron chi connectivity index (χ4n) is 1.03. The predicted molar refractivity (Wildman–Crippen MR) is 63.3 cm³/mol. The van der Waals surface area contributed by atoms with E-state index in [1.165, 1.54) is 11.8 Å². The van der Waals surface area contributed by atoms with Gasteiger partial charge in [0.1, 0.15) is 6.33 Å². The molecule has 0 aliphatic heterocycles. The van der Waals surface area contributed by atoms with E-state index in [0.29, 0.717) is 11.7 Å². The molecule has 92 valence electrons. The molecule has 0 aromatic carbocycles. The summed E-state index contributed by atoms with van der Waals surface area (Å²) >= 11 is 1.19. The second kappa shape index (κ2) is 6.04. The molecule has 7 nitrogen and oxygen atoms in total. The van der Waals surface area contributed by atoms with E-state index in [1.54, 1.807) is 23.9 Å². The maximum Gasteiger partial charge on any atom is 0.318 e. The molecule has 8 heteroatoms. The van der Waals surface area contributed by atoms with Crippen molar-refractivity contribution in [3.63, 3.8) is 0 Å². The molecule has 1 unspecified atom stereocenters. The monoisotopic (exact) mass is 255 g/mol. The Morgan fingerprint density at radius 1 is 1.76 bits per heavy atom. The number of amides is 3. The van der Waals surface area contributed by atoms with Crippen LogP contribution in [0.5, 0.6) is 0 Å². The Labute approximate surface area is 102 Å². The average Bonchev–Trinajstić information content (AvgIpc) is 2.65. The number of primary amides is 1. The molecule has 0 bridgehead atoms. The maximum absolute atomic E-state index is 11.4. The third-order valence-electron chi connectivity index (χ3n) is 1.80. The number of nitrogens with zero attached hydrogens (tertiary/aromatic N) is 3. The van der Waals surface area contributed by atoms with Crippen LogP contribution in [0, 0.1) is 0 Å². The summed E-state index contributed by atoms with van der Waals surface area (Å²) in [6.45, 7) is 5.81. The minimum Gasteiger partial charge on any atom is -0.351 e. The topological polar surface area (TPSA) is 103 Å².